The summed E-state index contributed by atoms with van der Waals surface area (Å²) < 4.78 is 0. The van der Waals surface area contributed by atoms with Crippen LogP contribution in [-0.4, -0.2) is 30.7 Å². The van der Waals surface area contributed by atoms with Gasteiger partial charge in [-0.15, -0.1) is 0 Å². The van der Waals surface area contributed by atoms with Crippen molar-refractivity contribution < 1.29 is 0 Å². The van der Waals surface area contributed by atoms with Gasteiger partial charge in [0.25, 0.3) is 0 Å². The van der Waals surface area contributed by atoms with Crippen molar-refractivity contribution in [2.24, 2.45) is 5.92 Å². The van der Waals surface area contributed by atoms with Crippen molar-refractivity contribution in [3.05, 3.63) is 36.5 Å². The molecular formula is C18H25N3. The van der Waals surface area contributed by atoms with Gasteiger partial charge in [-0.1, -0.05) is 19.9 Å². The summed E-state index contributed by atoms with van der Waals surface area (Å²) in [5, 5.41) is 4.96. The zero-order chi connectivity index (χ0) is 14.7. The number of hydrogen-bond donors (Lipinski definition) is 1. The van der Waals surface area contributed by atoms with Crippen molar-refractivity contribution in [2.75, 3.05) is 24.5 Å². The molecule has 3 heteroatoms. The van der Waals surface area contributed by atoms with Crippen LogP contribution in [0.5, 0.6) is 0 Å². The summed E-state index contributed by atoms with van der Waals surface area (Å²) >= 11 is 0. The fraction of sp³-hybridized carbons (Fsp3) is 0.500. The van der Waals surface area contributed by atoms with E-state index in [0.717, 1.165) is 25.2 Å². The van der Waals surface area contributed by atoms with Gasteiger partial charge >= 0.3 is 0 Å². The molecule has 3 nitrogen and oxygen atoms in total. The summed E-state index contributed by atoms with van der Waals surface area (Å²) in [6.45, 7) is 7.97. The largest absolute Gasteiger partial charge is 0.371 e. The summed E-state index contributed by atoms with van der Waals surface area (Å²) in [6, 6.07) is 11.3. The normalized spacial score (nSPS) is 22.7. The number of nitrogens with zero attached hydrogens (tertiary/aromatic N) is 2. The molecule has 3 rings (SSSR count). The lowest BCUT2D eigenvalue weighted by Crippen LogP contribution is -2.48. The SMILES string of the molecule is CCCNC1CCN(c2cccc3ncccc23)CC1C. The molecule has 1 fully saturated rings. The standard InChI is InChI=1S/C18H25N3/c1-3-10-19-16-9-12-21(13-14(16)2)18-8-4-7-17-15(18)6-5-11-20-17/h4-8,11,14,16,19H,3,9-10,12-13H2,1-2H3. The Morgan fingerprint density at radius 3 is 3.00 bits per heavy atom. The van der Waals surface area contributed by atoms with Gasteiger partial charge in [0.15, 0.2) is 0 Å². The topological polar surface area (TPSA) is 28.2 Å². The van der Waals surface area contributed by atoms with Crippen LogP contribution in [0.25, 0.3) is 10.9 Å². The molecule has 1 aromatic carbocycles. The van der Waals surface area contributed by atoms with E-state index >= 15 is 0 Å². The molecule has 2 aromatic rings. The van der Waals surface area contributed by atoms with E-state index in [0.29, 0.717) is 12.0 Å². The molecule has 0 bridgehead atoms. The first-order chi connectivity index (χ1) is 10.3. The minimum absolute atomic E-state index is 0.661. The fourth-order valence-corrected chi connectivity index (χ4v) is 3.36. The molecule has 1 aliphatic rings. The molecule has 2 heterocycles. The molecule has 112 valence electrons. The lowest BCUT2D eigenvalue weighted by molar-refractivity contribution is 0.322. The third-order valence-electron chi connectivity index (χ3n) is 4.53. The van der Waals surface area contributed by atoms with E-state index in [9.17, 15) is 0 Å². The van der Waals surface area contributed by atoms with E-state index < -0.39 is 0 Å². The first-order valence-electron chi connectivity index (χ1n) is 8.11. The minimum Gasteiger partial charge on any atom is -0.371 e. The molecule has 2 atom stereocenters. The molecule has 0 saturated carbocycles. The summed E-state index contributed by atoms with van der Waals surface area (Å²) in [5.41, 5.74) is 2.43. The van der Waals surface area contributed by atoms with Crippen molar-refractivity contribution >= 4 is 16.6 Å². The highest BCUT2D eigenvalue weighted by Gasteiger charge is 2.26. The van der Waals surface area contributed by atoms with Crippen LogP contribution in [0.1, 0.15) is 26.7 Å². The van der Waals surface area contributed by atoms with Gasteiger partial charge in [-0.2, -0.15) is 0 Å². The molecule has 1 aliphatic heterocycles. The quantitative estimate of drug-likeness (QED) is 0.931. The number of fused-ring (bicyclic) bond motifs is 1. The number of piperidine rings is 1. The maximum Gasteiger partial charge on any atom is 0.0722 e. The van der Waals surface area contributed by atoms with E-state index in [1.165, 1.54) is 23.9 Å². The highest BCUT2D eigenvalue weighted by molar-refractivity contribution is 5.91. The number of aromatic nitrogens is 1. The van der Waals surface area contributed by atoms with Crippen LogP contribution in [0.15, 0.2) is 36.5 Å². The molecule has 1 saturated heterocycles. The lowest BCUT2D eigenvalue weighted by Gasteiger charge is -2.39. The van der Waals surface area contributed by atoms with Gasteiger partial charge in [-0.05, 0) is 49.6 Å². The highest BCUT2D eigenvalue weighted by atomic mass is 15.2. The van der Waals surface area contributed by atoms with Gasteiger partial charge in [0.2, 0.25) is 0 Å². The van der Waals surface area contributed by atoms with E-state index in [-0.39, 0.29) is 0 Å². The van der Waals surface area contributed by atoms with Crippen LogP contribution in [-0.2, 0) is 0 Å². The van der Waals surface area contributed by atoms with Crippen LogP contribution in [0.2, 0.25) is 0 Å². The molecule has 0 aliphatic carbocycles. The number of pyridine rings is 1. The van der Waals surface area contributed by atoms with Gasteiger partial charge < -0.3 is 10.2 Å². The van der Waals surface area contributed by atoms with Crippen molar-refractivity contribution in [3.63, 3.8) is 0 Å². The van der Waals surface area contributed by atoms with E-state index in [4.69, 9.17) is 0 Å². The average Bonchev–Trinajstić information content (AvgIpc) is 2.53. The van der Waals surface area contributed by atoms with Gasteiger partial charge in [-0.25, -0.2) is 0 Å². The van der Waals surface area contributed by atoms with Gasteiger partial charge in [0.05, 0.1) is 5.52 Å². The Labute approximate surface area is 127 Å². The van der Waals surface area contributed by atoms with Crippen molar-refractivity contribution in [3.8, 4) is 0 Å². The van der Waals surface area contributed by atoms with Crippen molar-refractivity contribution in [1.82, 2.24) is 10.3 Å². The molecular weight excluding hydrogens is 258 g/mol. The summed E-state index contributed by atoms with van der Waals surface area (Å²) in [6.07, 6.45) is 4.30. The Balaban J connectivity index is 1.79. The third kappa shape index (κ3) is 3.03. The molecule has 0 radical (unpaired) electrons. The number of anilines is 1. The molecule has 0 spiro atoms. The summed E-state index contributed by atoms with van der Waals surface area (Å²) in [5.74, 6) is 0.678. The molecule has 0 amide bonds. The van der Waals surface area contributed by atoms with Crippen LogP contribution in [0.4, 0.5) is 5.69 Å². The first kappa shape index (κ1) is 14.3. The number of benzene rings is 1. The second-order valence-corrected chi connectivity index (χ2v) is 6.12. The van der Waals surface area contributed by atoms with Gasteiger partial charge in [0, 0.05) is 36.4 Å². The molecule has 1 N–H and O–H groups in total. The van der Waals surface area contributed by atoms with E-state index in [1.807, 2.05) is 12.3 Å². The molecule has 2 unspecified atom stereocenters. The average molecular weight is 283 g/mol. The Kier molecular flexibility index (Phi) is 4.39. The number of nitrogens with one attached hydrogen (secondary N) is 1. The van der Waals surface area contributed by atoms with Crippen LogP contribution in [0, 0.1) is 5.92 Å². The maximum absolute atomic E-state index is 4.47. The van der Waals surface area contributed by atoms with Gasteiger partial charge in [0.1, 0.15) is 0 Å². The summed E-state index contributed by atoms with van der Waals surface area (Å²) in [7, 11) is 0. The van der Waals surface area contributed by atoms with E-state index in [1.54, 1.807) is 0 Å². The zero-order valence-corrected chi connectivity index (χ0v) is 13.0. The summed E-state index contributed by atoms with van der Waals surface area (Å²) in [4.78, 5) is 7.00. The van der Waals surface area contributed by atoms with Gasteiger partial charge in [-0.3, -0.25) is 4.98 Å². The highest BCUT2D eigenvalue weighted by Crippen LogP contribution is 2.29. The number of rotatable bonds is 4. The Morgan fingerprint density at radius 2 is 2.19 bits per heavy atom. The predicted octanol–water partition coefficient (Wildman–Crippen LogP) is 3.45. The third-order valence-corrected chi connectivity index (χ3v) is 4.53. The predicted molar refractivity (Wildman–Crippen MR) is 89.8 cm³/mol. The number of hydrogen-bond acceptors (Lipinski definition) is 3. The monoisotopic (exact) mass is 283 g/mol. The minimum atomic E-state index is 0.661. The smallest absolute Gasteiger partial charge is 0.0722 e. The Hall–Kier alpha value is -1.61. The van der Waals surface area contributed by atoms with Crippen LogP contribution < -0.4 is 10.2 Å². The second kappa shape index (κ2) is 6.44. The van der Waals surface area contributed by atoms with E-state index in [2.05, 4.69) is 53.3 Å². The van der Waals surface area contributed by atoms with Crippen molar-refractivity contribution in [1.29, 1.82) is 0 Å². The Bertz CT molecular complexity index is 591. The lowest BCUT2D eigenvalue weighted by atomic mass is 9.93. The van der Waals surface area contributed by atoms with Crippen LogP contribution in [0.3, 0.4) is 0 Å². The second-order valence-electron chi connectivity index (χ2n) is 6.12. The molecule has 21 heavy (non-hydrogen) atoms. The molecule has 1 aromatic heterocycles. The first-order valence-corrected chi connectivity index (χ1v) is 8.11. The van der Waals surface area contributed by atoms with Crippen LogP contribution >= 0.6 is 0 Å². The fourth-order valence-electron chi connectivity index (χ4n) is 3.36. The zero-order valence-electron chi connectivity index (χ0n) is 13.0. The maximum atomic E-state index is 4.47. The van der Waals surface area contributed by atoms with Crippen molar-refractivity contribution in [2.45, 2.75) is 32.7 Å². The Morgan fingerprint density at radius 1 is 1.29 bits per heavy atom.